The molecule has 1 spiro atoms. The normalized spacial score (nSPS) is 19.3. The van der Waals surface area contributed by atoms with Gasteiger partial charge in [-0.15, -0.1) is 11.3 Å². The zero-order valence-electron chi connectivity index (χ0n) is 18.4. The van der Waals surface area contributed by atoms with Crippen LogP contribution in [0.15, 0.2) is 64.1 Å². The van der Waals surface area contributed by atoms with Crippen molar-refractivity contribution in [3.05, 3.63) is 65.3 Å². The number of benzene rings is 1. The van der Waals surface area contributed by atoms with E-state index in [1.807, 2.05) is 24.5 Å². The van der Waals surface area contributed by atoms with Gasteiger partial charge in [0.15, 0.2) is 11.3 Å². The predicted octanol–water partition coefficient (Wildman–Crippen LogP) is 4.96. The number of fused-ring (bicyclic) bond motifs is 3. The fraction of sp³-hybridized carbons (Fsp3) is 0.280. The van der Waals surface area contributed by atoms with Crippen LogP contribution in [0, 0.1) is 5.41 Å². The molecule has 1 aromatic carbocycles. The van der Waals surface area contributed by atoms with E-state index in [1.54, 1.807) is 23.1 Å². The molecule has 2 aliphatic rings. The van der Waals surface area contributed by atoms with Crippen molar-refractivity contribution in [1.29, 1.82) is 0 Å². The van der Waals surface area contributed by atoms with E-state index in [4.69, 9.17) is 15.7 Å². The first-order chi connectivity index (χ1) is 16.7. The molecule has 0 saturated carbocycles. The van der Waals surface area contributed by atoms with E-state index in [9.17, 15) is 0 Å². The number of imidazole rings is 1. The van der Waals surface area contributed by atoms with Crippen LogP contribution in [0.4, 0.5) is 5.95 Å². The number of anilines is 1. The Balaban J connectivity index is 1.10. The number of hydrogen-bond acceptors (Lipinski definition) is 8. The molecule has 1 aliphatic heterocycles. The van der Waals surface area contributed by atoms with Crippen LogP contribution in [-0.4, -0.2) is 38.0 Å². The lowest BCUT2D eigenvalue weighted by Crippen LogP contribution is -2.44. The lowest BCUT2D eigenvalue weighted by molar-refractivity contribution is 0.187. The second-order valence-electron chi connectivity index (χ2n) is 9.19. The van der Waals surface area contributed by atoms with Crippen molar-refractivity contribution in [2.24, 2.45) is 11.1 Å². The number of aromatic nitrogens is 5. The summed E-state index contributed by atoms with van der Waals surface area (Å²) in [6, 6.07) is 12.8. The molecule has 5 heterocycles. The number of H-pyrrole nitrogens is 1. The van der Waals surface area contributed by atoms with Gasteiger partial charge in [0.05, 0.1) is 16.4 Å². The number of nitrogens with two attached hydrogens (primary N) is 1. The summed E-state index contributed by atoms with van der Waals surface area (Å²) in [6.45, 7) is 1.85. The highest BCUT2D eigenvalue weighted by molar-refractivity contribution is 7.99. The Labute approximate surface area is 204 Å². The van der Waals surface area contributed by atoms with Crippen molar-refractivity contribution in [2.75, 3.05) is 18.0 Å². The maximum Gasteiger partial charge on any atom is 0.206 e. The number of rotatable bonds is 3. The van der Waals surface area contributed by atoms with Gasteiger partial charge in [0.1, 0.15) is 5.03 Å². The molecule has 5 aromatic rings. The minimum absolute atomic E-state index is 0.118. The fourth-order valence-corrected chi connectivity index (χ4v) is 7.29. The number of nitrogens with one attached hydrogen (secondary N) is 1. The van der Waals surface area contributed by atoms with Crippen molar-refractivity contribution in [2.45, 2.75) is 35.2 Å². The van der Waals surface area contributed by atoms with E-state index in [-0.39, 0.29) is 11.5 Å². The first kappa shape index (κ1) is 20.4. The molecular weight excluding hydrogens is 462 g/mol. The van der Waals surface area contributed by atoms with Crippen LogP contribution >= 0.6 is 23.1 Å². The summed E-state index contributed by atoms with van der Waals surface area (Å²) in [4.78, 5) is 25.5. The number of pyridine rings is 1. The summed E-state index contributed by atoms with van der Waals surface area (Å²) in [5, 5.41) is 2.90. The molecule has 7 rings (SSSR count). The summed E-state index contributed by atoms with van der Waals surface area (Å²) in [5.41, 5.74) is 12.0. The van der Waals surface area contributed by atoms with Crippen molar-refractivity contribution in [3.63, 3.8) is 0 Å². The summed E-state index contributed by atoms with van der Waals surface area (Å²) >= 11 is 3.30. The SMILES string of the molecule is N[C@@H]1c2ccccc2CC12CCN(c1nc3nc(Sc4ccnc5ccsc45)cnc3[nH]1)CC2. The molecule has 170 valence electrons. The number of nitrogens with zero attached hydrogens (tertiary/aromatic N) is 5. The highest BCUT2D eigenvalue weighted by atomic mass is 32.2. The zero-order chi connectivity index (χ0) is 22.7. The van der Waals surface area contributed by atoms with Gasteiger partial charge in [-0.05, 0) is 53.3 Å². The molecule has 7 nitrogen and oxygen atoms in total. The van der Waals surface area contributed by atoms with Crippen molar-refractivity contribution < 1.29 is 0 Å². The third kappa shape index (κ3) is 3.22. The maximum atomic E-state index is 6.74. The first-order valence-electron chi connectivity index (χ1n) is 11.5. The van der Waals surface area contributed by atoms with Crippen LogP contribution in [0.1, 0.15) is 30.0 Å². The van der Waals surface area contributed by atoms with Crippen LogP contribution in [0.3, 0.4) is 0 Å². The Bertz CT molecular complexity index is 1520. The highest BCUT2D eigenvalue weighted by Gasteiger charge is 2.46. The van der Waals surface area contributed by atoms with E-state index >= 15 is 0 Å². The maximum absolute atomic E-state index is 6.74. The smallest absolute Gasteiger partial charge is 0.206 e. The minimum atomic E-state index is 0.118. The topological polar surface area (TPSA) is 96.6 Å². The van der Waals surface area contributed by atoms with E-state index < -0.39 is 0 Å². The zero-order valence-corrected chi connectivity index (χ0v) is 20.1. The Morgan fingerprint density at radius 2 is 1.97 bits per heavy atom. The molecular formula is C25H23N7S2. The molecule has 34 heavy (non-hydrogen) atoms. The lowest BCUT2D eigenvalue weighted by atomic mass is 9.73. The molecule has 0 bridgehead atoms. The Hall–Kier alpha value is -3.01. The van der Waals surface area contributed by atoms with Crippen LogP contribution in [0.25, 0.3) is 21.5 Å². The van der Waals surface area contributed by atoms with Crippen molar-refractivity contribution in [3.8, 4) is 0 Å². The number of hydrogen-bond donors (Lipinski definition) is 2. The van der Waals surface area contributed by atoms with Crippen LogP contribution in [-0.2, 0) is 6.42 Å². The molecule has 1 fully saturated rings. The number of piperidine rings is 1. The molecule has 4 aromatic heterocycles. The Morgan fingerprint density at radius 3 is 2.85 bits per heavy atom. The molecule has 1 atom stereocenters. The predicted molar refractivity (Wildman–Crippen MR) is 136 cm³/mol. The van der Waals surface area contributed by atoms with Crippen LogP contribution in [0.5, 0.6) is 0 Å². The molecule has 0 radical (unpaired) electrons. The van der Waals surface area contributed by atoms with Gasteiger partial charge in [0, 0.05) is 30.2 Å². The van der Waals surface area contributed by atoms with Crippen LogP contribution < -0.4 is 10.6 Å². The number of thiophene rings is 1. The summed E-state index contributed by atoms with van der Waals surface area (Å²) in [6.07, 6.45) is 6.85. The largest absolute Gasteiger partial charge is 0.342 e. The molecule has 9 heteroatoms. The van der Waals surface area contributed by atoms with Gasteiger partial charge < -0.3 is 15.6 Å². The molecule has 0 unspecified atom stereocenters. The molecule has 1 aliphatic carbocycles. The van der Waals surface area contributed by atoms with E-state index in [0.29, 0.717) is 5.65 Å². The lowest BCUT2D eigenvalue weighted by Gasteiger charge is -2.42. The van der Waals surface area contributed by atoms with Gasteiger partial charge in [-0.1, -0.05) is 36.0 Å². The van der Waals surface area contributed by atoms with Gasteiger partial charge in [-0.25, -0.2) is 9.97 Å². The van der Waals surface area contributed by atoms with E-state index in [1.165, 1.54) is 15.8 Å². The second-order valence-corrected chi connectivity index (χ2v) is 11.2. The fourth-order valence-electron chi connectivity index (χ4n) is 5.47. The highest BCUT2D eigenvalue weighted by Crippen LogP contribution is 2.50. The van der Waals surface area contributed by atoms with Gasteiger partial charge in [-0.3, -0.25) is 4.98 Å². The van der Waals surface area contributed by atoms with Gasteiger partial charge in [0.25, 0.3) is 0 Å². The number of aromatic amines is 1. The monoisotopic (exact) mass is 485 g/mol. The average Bonchev–Trinajstić information content (AvgIpc) is 3.57. The Morgan fingerprint density at radius 1 is 1.09 bits per heavy atom. The van der Waals surface area contributed by atoms with E-state index in [0.717, 1.165) is 59.4 Å². The third-order valence-corrected chi connectivity index (χ3v) is 9.38. The van der Waals surface area contributed by atoms with Crippen molar-refractivity contribution in [1.82, 2.24) is 24.9 Å². The van der Waals surface area contributed by atoms with Crippen LogP contribution in [0.2, 0.25) is 0 Å². The molecule has 3 N–H and O–H groups in total. The quantitative estimate of drug-likeness (QED) is 0.373. The molecule has 0 amide bonds. The molecule has 1 saturated heterocycles. The summed E-state index contributed by atoms with van der Waals surface area (Å²) in [7, 11) is 0. The Kier molecular flexibility index (Phi) is 4.65. The standard InChI is InChI=1S/C25H23N7S2/c26-21-16-4-2-1-3-15(16)13-25(21)7-10-32(11-8-25)24-30-22-23(31-24)29-19(14-28-22)34-18-5-9-27-17-6-12-33-20(17)18/h1-6,9,12,14,21H,7-8,10-11,13,26H2,(H,28,29,30,31)/t21-/m1/s1. The van der Waals surface area contributed by atoms with Gasteiger partial charge in [-0.2, -0.15) is 4.98 Å². The van der Waals surface area contributed by atoms with Gasteiger partial charge in [0.2, 0.25) is 5.95 Å². The minimum Gasteiger partial charge on any atom is -0.342 e. The first-order valence-corrected chi connectivity index (χ1v) is 13.2. The average molecular weight is 486 g/mol. The third-order valence-electron chi connectivity index (χ3n) is 7.35. The second kappa shape index (κ2) is 7.76. The van der Waals surface area contributed by atoms with E-state index in [2.05, 4.69) is 49.5 Å². The summed E-state index contributed by atoms with van der Waals surface area (Å²) < 4.78 is 1.17. The van der Waals surface area contributed by atoms with Crippen molar-refractivity contribution >= 4 is 50.6 Å². The summed E-state index contributed by atoms with van der Waals surface area (Å²) in [5.74, 6) is 0.848. The van der Waals surface area contributed by atoms with Gasteiger partial charge >= 0.3 is 0 Å².